The van der Waals surface area contributed by atoms with Gasteiger partial charge in [0.2, 0.25) is 0 Å². The predicted octanol–water partition coefficient (Wildman–Crippen LogP) is 1.68. The third-order valence-electron chi connectivity index (χ3n) is 3.50. The van der Waals surface area contributed by atoms with Crippen LogP contribution in [0.4, 0.5) is 0 Å². The van der Waals surface area contributed by atoms with Gasteiger partial charge in [0.05, 0.1) is 0 Å². The fourth-order valence-electron chi connectivity index (χ4n) is 2.81. The van der Waals surface area contributed by atoms with Crippen molar-refractivity contribution in [2.45, 2.75) is 18.9 Å². The Morgan fingerprint density at radius 3 is 3.12 bits per heavy atom. The molecule has 0 amide bonds. The van der Waals surface area contributed by atoms with Crippen molar-refractivity contribution in [3.63, 3.8) is 0 Å². The van der Waals surface area contributed by atoms with E-state index in [1.807, 2.05) is 25.5 Å². The molecule has 0 aliphatic carbocycles. The molecule has 16 heavy (non-hydrogen) atoms. The van der Waals surface area contributed by atoms with Crippen molar-refractivity contribution in [3.8, 4) is 0 Å². The molecule has 2 unspecified atom stereocenters. The lowest BCUT2D eigenvalue weighted by Gasteiger charge is -2.39. The van der Waals surface area contributed by atoms with E-state index in [1.165, 1.54) is 24.9 Å². The van der Waals surface area contributed by atoms with E-state index in [1.54, 1.807) is 0 Å². The van der Waals surface area contributed by atoms with Gasteiger partial charge in [0.25, 0.3) is 0 Å². The summed E-state index contributed by atoms with van der Waals surface area (Å²) in [4.78, 5) is 6.70. The number of likely N-dealkylation sites (tertiary alicyclic amines) is 1. The van der Waals surface area contributed by atoms with Crippen LogP contribution in [0.1, 0.15) is 24.4 Å². The summed E-state index contributed by atoms with van der Waals surface area (Å²) in [6, 6.07) is 4.76. The molecule has 0 spiro atoms. The smallest absolute Gasteiger partial charge is 0.0400 e. The van der Waals surface area contributed by atoms with E-state index in [2.05, 4.69) is 28.3 Å². The van der Waals surface area contributed by atoms with Gasteiger partial charge in [0.15, 0.2) is 0 Å². The first-order valence-electron chi connectivity index (χ1n) is 6.07. The summed E-state index contributed by atoms with van der Waals surface area (Å²) in [6.07, 6.45) is 6.47. The van der Waals surface area contributed by atoms with Crippen LogP contribution in [0.25, 0.3) is 0 Å². The zero-order chi connectivity index (χ0) is 11.4. The van der Waals surface area contributed by atoms with E-state index in [0.29, 0.717) is 12.0 Å². The first-order chi connectivity index (χ1) is 7.83. The van der Waals surface area contributed by atoms with Crippen molar-refractivity contribution in [1.29, 1.82) is 0 Å². The number of nitrogens with zero attached hydrogens (tertiary/aromatic N) is 2. The summed E-state index contributed by atoms with van der Waals surface area (Å²) in [7, 11) is 4.26. The summed E-state index contributed by atoms with van der Waals surface area (Å²) >= 11 is 0. The van der Waals surface area contributed by atoms with Crippen LogP contribution >= 0.6 is 0 Å². The molecular weight excluding hydrogens is 198 g/mol. The van der Waals surface area contributed by atoms with E-state index in [-0.39, 0.29) is 0 Å². The molecule has 2 heterocycles. The molecule has 3 nitrogen and oxygen atoms in total. The van der Waals surface area contributed by atoms with Crippen LogP contribution in [-0.4, -0.2) is 37.1 Å². The highest BCUT2D eigenvalue weighted by Crippen LogP contribution is 2.33. The molecule has 0 aromatic carbocycles. The highest BCUT2D eigenvalue weighted by molar-refractivity contribution is 5.16. The van der Waals surface area contributed by atoms with Gasteiger partial charge >= 0.3 is 0 Å². The molecule has 0 saturated carbocycles. The van der Waals surface area contributed by atoms with E-state index < -0.39 is 0 Å². The maximum Gasteiger partial charge on any atom is 0.0400 e. The Hall–Kier alpha value is -0.930. The Balaban J connectivity index is 2.19. The molecule has 88 valence electrons. The number of piperidine rings is 1. The minimum absolute atomic E-state index is 0.523. The van der Waals surface area contributed by atoms with Crippen molar-refractivity contribution in [2.75, 3.05) is 27.2 Å². The number of pyridine rings is 1. The molecule has 3 heteroatoms. The maximum absolute atomic E-state index is 4.24. The van der Waals surface area contributed by atoms with Crippen LogP contribution in [0, 0.1) is 5.92 Å². The van der Waals surface area contributed by atoms with E-state index in [0.717, 1.165) is 6.54 Å². The highest BCUT2D eigenvalue weighted by Gasteiger charge is 2.29. The van der Waals surface area contributed by atoms with Gasteiger partial charge in [-0.1, -0.05) is 6.07 Å². The number of rotatable bonds is 3. The fraction of sp³-hybridized carbons (Fsp3) is 0.615. The first-order valence-corrected chi connectivity index (χ1v) is 6.07. The Labute approximate surface area is 97.9 Å². The average molecular weight is 219 g/mol. The molecule has 1 aromatic heterocycles. The molecule has 1 aliphatic heterocycles. The largest absolute Gasteiger partial charge is 0.319 e. The molecule has 1 fully saturated rings. The second-order valence-corrected chi connectivity index (χ2v) is 4.67. The van der Waals surface area contributed by atoms with Crippen LogP contribution < -0.4 is 5.32 Å². The number of nitrogens with one attached hydrogen (secondary N) is 1. The lowest BCUT2D eigenvalue weighted by molar-refractivity contribution is 0.120. The Kier molecular flexibility index (Phi) is 3.91. The topological polar surface area (TPSA) is 28.2 Å². The summed E-state index contributed by atoms with van der Waals surface area (Å²) in [5, 5.41) is 3.31. The molecule has 2 rings (SSSR count). The Morgan fingerprint density at radius 1 is 1.56 bits per heavy atom. The highest BCUT2D eigenvalue weighted by atomic mass is 15.1. The Bertz CT molecular complexity index is 310. The van der Waals surface area contributed by atoms with Gasteiger partial charge in [-0.15, -0.1) is 0 Å². The predicted molar refractivity (Wildman–Crippen MR) is 66.3 cm³/mol. The van der Waals surface area contributed by atoms with Gasteiger partial charge in [0, 0.05) is 18.4 Å². The van der Waals surface area contributed by atoms with Gasteiger partial charge in [-0.2, -0.15) is 0 Å². The molecule has 1 aliphatic rings. The zero-order valence-corrected chi connectivity index (χ0v) is 10.2. The zero-order valence-electron chi connectivity index (χ0n) is 10.2. The van der Waals surface area contributed by atoms with Crippen LogP contribution in [0.2, 0.25) is 0 Å². The van der Waals surface area contributed by atoms with Gasteiger partial charge in [-0.05, 0) is 57.6 Å². The minimum atomic E-state index is 0.523. The maximum atomic E-state index is 4.24. The summed E-state index contributed by atoms with van der Waals surface area (Å²) < 4.78 is 0. The molecule has 0 radical (unpaired) electrons. The van der Waals surface area contributed by atoms with Gasteiger partial charge in [-0.3, -0.25) is 9.88 Å². The number of aromatic nitrogens is 1. The van der Waals surface area contributed by atoms with Gasteiger partial charge < -0.3 is 5.32 Å². The van der Waals surface area contributed by atoms with Crippen molar-refractivity contribution < 1.29 is 0 Å². The summed E-state index contributed by atoms with van der Waals surface area (Å²) in [6.45, 7) is 2.28. The third-order valence-corrected chi connectivity index (χ3v) is 3.50. The van der Waals surface area contributed by atoms with Crippen LogP contribution in [0.5, 0.6) is 0 Å². The standard InChI is InChI=1S/C13H21N3/c1-14-9-11-6-4-8-16(2)13(11)12-5-3-7-15-10-12/h3,5,7,10-11,13-14H,4,6,8-9H2,1-2H3. The average Bonchev–Trinajstić information content (AvgIpc) is 2.31. The quantitative estimate of drug-likeness (QED) is 0.838. The first kappa shape index (κ1) is 11.6. The molecule has 1 saturated heterocycles. The van der Waals surface area contributed by atoms with Crippen LogP contribution in [0.15, 0.2) is 24.5 Å². The van der Waals surface area contributed by atoms with Crippen molar-refractivity contribution >= 4 is 0 Å². The monoisotopic (exact) mass is 219 g/mol. The lowest BCUT2D eigenvalue weighted by atomic mass is 9.85. The Morgan fingerprint density at radius 2 is 2.44 bits per heavy atom. The van der Waals surface area contributed by atoms with E-state index >= 15 is 0 Å². The second-order valence-electron chi connectivity index (χ2n) is 4.67. The van der Waals surface area contributed by atoms with E-state index in [9.17, 15) is 0 Å². The molecule has 0 bridgehead atoms. The van der Waals surface area contributed by atoms with Crippen molar-refractivity contribution in [3.05, 3.63) is 30.1 Å². The van der Waals surface area contributed by atoms with Crippen LogP contribution in [-0.2, 0) is 0 Å². The third kappa shape index (κ3) is 2.42. The SMILES string of the molecule is CNCC1CCCN(C)C1c1cccnc1. The number of hydrogen-bond donors (Lipinski definition) is 1. The molecule has 1 N–H and O–H groups in total. The van der Waals surface area contributed by atoms with Crippen molar-refractivity contribution in [2.24, 2.45) is 5.92 Å². The summed E-state index contributed by atoms with van der Waals surface area (Å²) in [5.74, 6) is 0.702. The van der Waals surface area contributed by atoms with E-state index in [4.69, 9.17) is 0 Å². The lowest BCUT2D eigenvalue weighted by Crippen LogP contribution is -2.39. The normalized spacial score (nSPS) is 26.9. The minimum Gasteiger partial charge on any atom is -0.319 e. The molecule has 2 atom stereocenters. The van der Waals surface area contributed by atoms with Crippen LogP contribution in [0.3, 0.4) is 0 Å². The van der Waals surface area contributed by atoms with Gasteiger partial charge in [-0.25, -0.2) is 0 Å². The molecular formula is C13H21N3. The van der Waals surface area contributed by atoms with Gasteiger partial charge in [0.1, 0.15) is 0 Å². The second kappa shape index (κ2) is 5.41. The summed E-state index contributed by atoms with van der Waals surface area (Å²) in [5.41, 5.74) is 1.35. The molecule has 1 aromatic rings. The van der Waals surface area contributed by atoms with Crippen molar-refractivity contribution in [1.82, 2.24) is 15.2 Å². The number of hydrogen-bond acceptors (Lipinski definition) is 3. The fourth-order valence-corrected chi connectivity index (χ4v) is 2.81.